The molecular weight excluding hydrogens is 1050 g/mol. The fraction of sp³-hybridized carbons (Fsp3) is 0.753. The van der Waals surface area contributed by atoms with Crippen molar-refractivity contribution in [2.45, 2.75) is 328 Å². The van der Waals surface area contributed by atoms with Gasteiger partial charge in [-0.1, -0.05) is 310 Å². The van der Waals surface area contributed by atoms with Crippen LogP contribution in [0.1, 0.15) is 322 Å². The maximum absolute atomic E-state index is 12.8. The van der Waals surface area contributed by atoms with Gasteiger partial charge in [-0.05, 0) is 96.3 Å². The third-order valence-corrected chi connectivity index (χ3v) is 15.9. The molecule has 0 amide bonds. The predicted octanol–water partition coefficient (Wildman–Crippen LogP) is 22.7. The molecule has 3 N–H and O–H groups in total. The van der Waals surface area contributed by atoms with Gasteiger partial charge in [0.1, 0.15) is 6.61 Å². The number of unbranched alkanes of at least 4 members (excludes halogenated alkanes) is 36. The zero-order valence-corrected chi connectivity index (χ0v) is 54.8. The minimum Gasteiger partial charge on any atom is -0.462 e. The smallest absolute Gasteiger partial charge is 0.462 e. The van der Waals surface area contributed by atoms with E-state index in [1.165, 1.54) is 205 Å². The number of allylic oxidation sites excluding steroid dienone is 16. The molecule has 0 saturated heterocycles. The average Bonchev–Trinajstić information content (AvgIpc) is 3.48. The summed E-state index contributed by atoms with van der Waals surface area (Å²) in [7, 11) is -4.40. The number of nitrogens with two attached hydrogens (primary N) is 1. The molecule has 0 fully saturated rings. The molecule has 0 aromatic carbocycles. The highest BCUT2D eigenvalue weighted by molar-refractivity contribution is 7.47. The summed E-state index contributed by atoms with van der Waals surface area (Å²) in [4.78, 5) is 35.4. The predicted molar refractivity (Wildman–Crippen MR) is 358 cm³/mol. The Kier molecular flexibility index (Phi) is 65.5. The van der Waals surface area contributed by atoms with Gasteiger partial charge in [0.2, 0.25) is 0 Å². The first kappa shape index (κ1) is 79.9. The Balaban J connectivity index is 3.88. The molecule has 0 aromatic heterocycles. The number of phosphoric acid groups is 1. The van der Waals surface area contributed by atoms with E-state index in [1.807, 2.05) is 0 Å². The van der Waals surface area contributed by atoms with Gasteiger partial charge in [-0.3, -0.25) is 18.6 Å². The normalized spacial score (nSPS) is 13.5. The van der Waals surface area contributed by atoms with Crippen LogP contribution in [0.3, 0.4) is 0 Å². The van der Waals surface area contributed by atoms with Crippen LogP contribution < -0.4 is 5.73 Å². The van der Waals surface area contributed by atoms with Crippen molar-refractivity contribution in [3.63, 3.8) is 0 Å². The van der Waals surface area contributed by atoms with E-state index in [0.29, 0.717) is 6.42 Å². The Bertz CT molecular complexity index is 1680. The summed E-state index contributed by atoms with van der Waals surface area (Å²) < 4.78 is 33.2. The lowest BCUT2D eigenvalue weighted by Gasteiger charge is -2.19. The molecule has 10 heteroatoms. The van der Waals surface area contributed by atoms with E-state index >= 15 is 0 Å². The molecule has 0 rings (SSSR count). The molecule has 0 aliphatic rings. The van der Waals surface area contributed by atoms with Crippen molar-refractivity contribution in [2.24, 2.45) is 5.73 Å². The lowest BCUT2D eigenvalue weighted by Crippen LogP contribution is -2.29. The number of ether oxygens (including phenoxy) is 2. The van der Waals surface area contributed by atoms with Gasteiger partial charge in [-0.25, -0.2) is 4.57 Å². The van der Waals surface area contributed by atoms with Crippen molar-refractivity contribution >= 4 is 19.8 Å². The maximum atomic E-state index is 12.8. The molecule has 2 unspecified atom stereocenters. The number of hydrogen-bond donors (Lipinski definition) is 2. The molecule has 2 atom stereocenters. The molecule has 0 aliphatic carbocycles. The quantitative estimate of drug-likeness (QED) is 0.0264. The molecule has 0 saturated carbocycles. The van der Waals surface area contributed by atoms with Crippen LogP contribution in [0.2, 0.25) is 0 Å². The van der Waals surface area contributed by atoms with E-state index in [2.05, 4.69) is 111 Å². The van der Waals surface area contributed by atoms with Gasteiger partial charge in [0.05, 0.1) is 13.2 Å². The van der Waals surface area contributed by atoms with Crippen molar-refractivity contribution in [3.8, 4) is 0 Å². The van der Waals surface area contributed by atoms with Gasteiger partial charge in [-0.2, -0.15) is 0 Å². The molecule has 0 heterocycles. The number of carbonyl (C=O) groups excluding carboxylic acids is 2. The lowest BCUT2D eigenvalue weighted by molar-refractivity contribution is -0.161. The minimum atomic E-state index is -4.40. The SMILES string of the molecule is CC/C=C\C/C=C\C/C=C\C/C=C\C/C=C\C/C=C\CCCCCCCCCCCCCCC(=O)OC(COC(=O)CCCCCCCCCCCCCCCCCCCCC/C=C\C/C=C\CCCCCCC)COP(=O)(O)OCCN. The summed E-state index contributed by atoms with van der Waals surface area (Å²) in [6, 6.07) is 0. The van der Waals surface area contributed by atoms with E-state index in [1.54, 1.807) is 0 Å². The summed E-state index contributed by atoms with van der Waals surface area (Å²) in [5, 5.41) is 0. The van der Waals surface area contributed by atoms with Crippen molar-refractivity contribution < 1.29 is 37.6 Å². The second-order valence-corrected chi connectivity index (χ2v) is 24.5. The number of phosphoric ester groups is 1. The lowest BCUT2D eigenvalue weighted by atomic mass is 10.0. The highest BCUT2D eigenvalue weighted by atomic mass is 31.2. The van der Waals surface area contributed by atoms with Crippen LogP contribution in [-0.4, -0.2) is 49.3 Å². The third kappa shape index (κ3) is 67.9. The number of esters is 2. The fourth-order valence-electron chi connectivity index (χ4n) is 9.85. The largest absolute Gasteiger partial charge is 0.472 e. The van der Waals surface area contributed by atoms with E-state index in [9.17, 15) is 19.0 Å². The van der Waals surface area contributed by atoms with Crippen molar-refractivity contribution in [1.29, 1.82) is 0 Å². The van der Waals surface area contributed by atoms with Crippen LogP contribution >= 0.6 is 7.82 Å². The molecule has 0 aliphatic heterocycles. The van der Waals surface area contributed by atoms with Gasteiger partial charge in [0, 0.05) is 19.4 Å². The number of rotatable bonds is 65. The fourth-order valence-corrected chi connectivity index (χ4v) is 10.6. The summed E-state index contributed by atoms with van der Waals surface area (Å²) in [5.74, 6) is -0.821. The summed E-state index contributed by atoms with van der Waals surface area (Å²) in [5.41, 5.74) is 5.40. The summed E-state index contributed by atoms with van der Waals surface area (Å²) >= 11 is 0. The van der Waals surface area contributed by atoms with Gasteiger partial charge in [-0.15, -0.1) is 0 Å². The molecular formula is C73H130NO8P. The molecule has 0 spiro atoms. The molecule has 0 radical (unpaired) electrons. The molecule has 9 nitrogen and oxygen atoms in total. The van der Waals surface area contributed by atoms with Crippen molar-refractivity contribution in [1.82, 2.24) is 0 Å². The third-order valence-electron chi connectivity index (χ3n) is 15.0. The second-order valence-electron chi connectivity index (χ2n) is 23.0. The molecule has 480 valence electrons. The van der Waals surface area contributed by atoms with E-state index in [0.717, 1.165) is 83.5 Å². The van der Waals surface area contributed by atoms with Crippen LogP contribution in [0.5, 0.6) is 0 Å². The van der Waals surface area contributed by atoms with E-state index < -0.39 is 26.5 Å². The Morgan fingerprint density at radius 1 is 0.373 bits per heavy atom. The van der Waals surface area contributed by atoms with Crippen LogP contribution in [-0.2, 0) is 32.7 Å². The monoisotopic (exact) mass is 1180 g/mol. The zero-order valence-electron chi connectivity index (χ0n) is 53.9. The van der Waals surface area contributed by atoms with Crippen molar-refractivity contribution in [3.05, 3.63) is 97.2 Å². The first-order valence-corrected chi connectivity index (χ1v) is 36.2. The number of hydrogen-bond acceptors (Lipinski definition) is 8. The first-order chi connectivity index (χ1) is 40.8. The van der Waals surface area contributed by atoms with Crippen molar-refractivity contribution in [2.75, 3.05) is 26.4 Å². The zero-order chi connectivity index (χ0) is 60.1. The molecule has 83 heavy (non-hydrogen) atoms. The van der Waals surface area contributed by atoms with Gasteiger partial charge in [0.15, 0.2) is 6.10 Å². The first-order valence-electron chi connectivity index (χ1n) is 34.7. The molecule has 0 aromatic rings. The summed E-state index contributed by atoms with van der Waals surface area (Å²) in [6.45, 7) is 3.65. The highest BCUT2D eigenvalue weighted by Gasteiger charge is 2.26. The summed E-state index contributed by atoms with van der Waals surface area (Å²) in [6.07, 6.45) is 92.1. The van der Waals surface area contributed by atoms with Crippen LogP contribution in [0, 0.1) is 0 Å². The van der Waals surface area contributed by atoms with Crippen LogP contribution in [0.15, 0.2) is 97.2 Å². The van der Waals surface area contributed by atoms with Gasteiger partial charge in [0.25, 0.3) is 0 Å². The van der Waals surface area contributed by atoms with Crippen LogP contribution in [0.25, 0.3) is 0 Å². The Hall–Kier alpha value is -3.07. The highest BCUT2D eigenvalue weighted by Crippen LogP contribution is 2.43. The topological polar surface area (TPSA) is 134 Å². The molecule has 0 bridgehead atoms. The van der Waals surface area contributed by atoms with Gasteiger partial charge >= 0.3 is 19.8 Å². The number of carbonyl (C=O) groups is 2. The van der Waals surface area contributed by atoms with E-state index in [4.69, 9.17) is 24.3 Å². The van der Waals surface area contributed by atoms with Crippen LogP contribution in [0.4, 0.5) is 0 Å². The van der Waals surface area contributed by atoms with E-state index in [-0.39, 0.29) is 38.6 Å². The maximum Gasteiger partial charge on any atom is 0.472 e. The Labute approximate surface area is 512 Å². The standard InChI is InChI=1S/C73H130NO8P/c1-3-5-7-9-11-13-15-17-19-21-23-25-27-29-31-33-35-37-39-41-43-45-47-49-51-53-55-57-59-61-63-65-72(75)79-69-71(70-81-83(77,78)80-68-67-74)82-73(76)66-64-62-60-58-56-54-52-50-48-46-44-42-40-38-36-34-32-30-28-26-24-22-20-18-16-14-12-10-8-6-4-2/h6,8,12,14-15,17-18,20-21,23-24,26,30,32,36,38,71H,3-5,7,9-11,13,16,19,22,25,27-29,31,33-35,37,39-70,74H2,1-2H3,(H,77,78)/b8-6-,14-12-,17-15-,20-18-,23-21-,26-24-,32-30-,38-36-. The Morgan fingerprint density at radius 3 is 0.988 bits per heavy atom. The second kappa shape index (κ2) is 68.0. The average molecular weight is 1180 g/mol. The minimum absolute atomic E-state index is 0.0508. The Morgan fingerprint density at radius 2 is 0.663 bits per heavy atom. The van der Waals surface area contributed by atoms with Gasteiger partial charge < -0.3 is 20.1 Å².